The summed E-state index contributed by atoms with van der Waals surface area (Å²) in [6.45, 7) is 4.01. The normalized spacial score (nSPS) is 25.9. The van der Waals surface area contributed by atoms with Gasteiger partial charge in [0.15, 0.2) is 0 Å². The second kappa shape index (κ2) is 8.86. The Hall–Kier alpha value is -0.240. The van der Waals surface area contributed by atoms with E-state index >= 15 is 0 Å². The maximum atomic E-state index is 8.60. The number of nitrogens with one attached hydrogen (secondary N) is 2. The van der Waals surface area contributed by atoms with Gasteiger partial charge in [-0.05, 0) is 0 Å². The lowest BCUT2D eigenvalue weighted by Gasteiger charge is -2.29. The van der Waals surface area contributed by atoms with E-state index in [0.717, 1.165) is 0 Å². The van der Waals surface area contributed by atoms with Gasteiger partial charge in [-0.3, -0.25) is 0 Å². The van der Waals surface area contributed by atoms with Crippen LogP contribution in [0.1, 0.15) is 0 Å². The van der Waals surface area contributed by atoms with Crippen molar-refractivity contribution in [2.24, 2.45) is 0 Å². The summed E-state index contributed by atoms with van der Waals surface area (Å²) in [5.41, 5.74) is 0. The molecule has 6 heteroatoms. The van der Waals surface area contributed by atoms with Crippen LogP contribution >= 0.6 is 0 Å². The molecule has 0 spiro atoms. The zero-order valence-electron chi connectivity index (χ0n) is 9.52. The number of aliphatic hydroxyl groups excluding tert-OH is 2. The molecule has 0 aromatic rings. The van der Waals surface area contributed by atoms with Crippen LogP contribution in [0, 0.1) is 0 Å². The van der Waals surface area contributed by atoms with Crippen LogP contribution in [0.25, 0.3) is 0 Å². The molecule has 0 aromatic heterocycles. The lowest BCUT2D eigenvalue weighted by atomic mass is 10.3. The molecule has 1 aliphatic rings. The van der Waals surface area contributed by atoms with E-state index in [1.165, 1.54) is 0 Å². The molecule has 6 nitrogen and oxygen atoms in total. The van der Waals surface area contributed by atoms with Crippen LogP contribution in [0.3, 0.4) is 0 Å². The van der Waals surface area contributed by atoms with Crippen molar-refractivity contribution in [1.82, 2.24) is 10.6 Å². The van der Waals surface area contributed by atoms with E-state index in [0.29, 0.717) is 39.4 Å². The van der Waals surface area contributed by atoms with E-state index in [1.807, 2.05) is 0 Å². The molecule has 1 aliphatic heterocycles. The molecule has 0 saturated carbocycles. The van der Waals surface area contributed by atoms with Crippen molar-refractivity contribution in [2.45, 2.75) is 12.2 Å². The van der Waals surface area contributed by atoms with Gasteiger partial charge >= 0.3 is 0 Å². The van der Waals surface area contributed by atoms with Gasteiger partial charge in [-0.15, -0.1) is 0 Å². The molecule has 0 amide bonds. The molecule has 0 bridgehead atoms. The summed E-state index contributed by atoms with van der Waals surface area (Å²) in [6.07, 6.45) is 0.140. The van der Waals surface area contributed by atoms with Crippen molar-refractivity contribution < 1.29 is 19.7 Å². The Morgan fingerprint density at radius 3 is 1.62 bits per heavy atom. The van der Waals surface area contributed by atoms with E-state index in [2.05, 4.69) is 10.6 Å². The lowest BCUT2D eigenvalue weighted by molar-refractivity contribution is -0.129. The van der Waals surface area contributed by atoms with Crippen LogP contribution in [0.15, 0.2) is 0 Å². The quantitative estimate of drug-likeness (QED) is 0.361. The number of hydrogen-bond donors (Lipinski definition) is 4. The van der Waals surface area contributed by atoms with Gasteiger partial charge in [-0.25, -0.2) is 0 Å². The van der Waals surface area contributed by atoms with Crippen LogP contribution < -0.4 is 10.6 Å². The first kappa shape index (κ1) is 13.8. The van der Waals surface area contributed by atoms with Crippen molar-refractivity contribution in [2.75, 3.05) is 52.6 Å². The van der Waals surface area contributed by atoms with Gasteiger partial charge in [0.25, 0.3) is 0 Å². The van der Waals surface area contributed by atoms with Gasteiger partial charge < -0.3 is 30.3 Å². The topological polar surface area (TPSA) is 83.0 Å². The van der Waals surface area contributed by atoms with Gasteiger partial charge in [0.05, 0.1) is 38.6 Å². The van der Waals surface area contributed by atoms with Crippen molar-refractivity contribution in [1.29, 1.82) is 0 Å². The van der Waals surface area contributed by atoms with Gasteiger partial charge in [0.2, 0.25) is 0 Å². The summed E-state index contributed by atoms with van der Waals surface area (Å²) in [5, 5.41) is 23.3. The van der Waals surface area contributed by atoms with Crippen molar-refractivity contribution in [3.8, 4) is 0 Å². The van der Waals surface area contributed by atoms with Crippen LogP contribution in [0.2, 0.25) is 0 Å². The molecule has 1 rings (SSSR count). The molecule has 2 atom stereocenters. The summed E-state index contributed by atoms with van der Waals surface area (Å²) < 4.78 is 11.2. The van der Waals surface area contributed by atoms with Crippen molar-refractivity contribution in [3.63, 3.8) is 0 Å². The fraction of sp³-hybridized carbons (Fsp3) is 1.00. The second-order valence-corrected chi connectivity index (χ2v) is 3.77. The average molecular weight is 234 g/mol. The van der Waals surface area contributed by atoms with E-state index in [-0.39, 0.29) is 25.4 Å². The Morgan fingerprint density at radius 2 is 1.31 bits per heavy atom. The maximum Gasteiger partial charge on any atom is 0.0933 e. The molecule has 16 heavy (non-hydrogen) atoms. The standard InChI is InChI=1S/C10H22N2O4/c13-3-1-11-5-9-7-16-10(8-15-9)6-12-2-4-14/h9-14H,1-8H2/t9-,10+. The van der Waals surface area contributed by atoms with Gasteiger partial charge in [0.1, 0.15) is 0 Å². The summed E-state index contributed by atoms with van der Waals surface area (Å²) in [4.78, 5) is 0. The highest BCUT2D eigenvalue weighted by atomic mass is 16.6. The molecule has 1 fully saturated rings. The Bertz CT molecular complexity index is 145. The third kappa shape index (κ3) is 5.74. The molecular formula is C10H22N2O4. The summed E-state index contributed by atoms with van der Waals surface area (Å²) in [5.74, 6) is 0. The third-order valence-corrected chi connectivity index (χ3v) is 2.36. The Morgan fingerprint density at radius 1 is 0.875 bits per heavy atom. The molecule has 1 heterocycles. The summed E-state index contributed by atoms with van der Waals surface area (Å²) in [6, 6.07) is 0. The number of aliphatic hydroxyl groups is 2. The Kier molecular flexibility index (Phi) is 7.65. The molecule has 1 saturated heterocycles. The first-order valence-electron chi connectivity index (χ1n) is 5.73. The van der Waals surface area contributed by atoms with E-state index in [4.69, 9.17) is 19.7 Å². The lowest BCUT2D eigenvalue weighted by Crippen LogP contribution is -2.45. The van der Waals surface area contributed by atoms with E-state index in [9.17, 15) is 0 Å². The van der Waals surface area contributed by atoms with Crippen molar-refractivity contribution in [3.05, 3.63) is 0 Å². The van der Waals surface area contributed by atoms with Crippen LogP contribution in [-0.2, 0) is 9.47 Å². The predicted octanol–water partition coefficient (Wildman–Crippen LogP) is -2.07. The third-order valence-electron chi connectivity index (χ3n) is 2.36. The minimum absolute atomic E-state index is 0.0700. The van der Waals surface area contributed by atoms with Crippen LogP contribution in [0.5, 0.6) is 0 Å². The molecule has 0 aliphatic carbocycles. The first-order chi connectivity index (χ1) is 7.86. The Labute approximate surface area is 95.9 Å². The smallest absolute Gasteiger partial charge is 0.0933 e. The molecule has 4 N–H and O–H groups in total. The molecular weight excluding hydrogens is 212 g/mol. The zero-order valence-corrected chi connectivity index (χ0v) is 9.52. The highest BCUT2D eigenvalue weighted by molar-refractivity contribution is 4.71. The SMILES string of the molecule is OCCNC[C@@H]1CO[C@@H](CNCCO)CO1. The minimum atomic E-state index is 0.0700. The molecule has 0 unspecified atom stereocenters. The highest BCUT2D eigenvalue weighted by Crippen LogP contribution is 2.05. The van der Waals surface area contributed by atoms with Crippen molar-refractivity contribution >= 4 is 0 Å². The monoisotopic (exact) mass is 234 g/mol. The average Bonchev–Trinajstić information content (AvgIpc) is 2.32. The number of rotatable bonds is 8. The second-order valence-electron chi connectivity index (χ2n) is 3.77. The number of hydrogen-bond acceptors (Lipinski definition) is 6. The molecule has 96 valence electrons. The van der Waals surface area contributed by atoms with Gasteiger partial charge in [-0.1, -0.05) is 0 Å². The first-order valence-corrected chi connectivity index (χ1v) is 5.73. The fourth-order valence-electron chi connectivity index (χ4n) is 1.50. The minimum Gasteiger partial charge on any atom is -0.395 e. The van der Waals surface area contributed by atoms with Gasteiger partial charge in [-0.2, -0.15) is 0 Å². The predicted molar refractivity (Wildman–Crippen MR) is 59.4 cm³/mol. The molecule has 0 aromatic carbocycles. The van der Waals surface area contributed by atoms with Gasteiger partial charge in [0, 0.05) is 26.2 Å². The largest absolute Gasteiger partial charge is 0.395 e. The van der Waals surface area contributed by atoms with Crippen LogP contribution in [-0.4, -0.2) is 75.0 Å². The van der Waals surface area contributed by atoms with Crippen LogP contribution in [0.4, 0.5) is 0 Å². The summed E-state index contributed by atoms with van der Waals surface area (Å²) >= 11 is 0. The van der Waals surface area contributed by atoms with E-state index < -0.39 is 0 Å². The Balaban J connectivity index is 2.00. The fourth-order valence-corrected chi connectivity index (χ4v) is 1.50. The highest BCUT2D eigenvalue weighted by Gasteiger charge is 2.21. The summed E-state index contributed by atoms with van der Waals surface area (Å²) in [7, 11) is 0. The maximum absolute atomic E-state index is 8.60. The molecule has 0 radical (unpaired) electrons. The zero-order chi connectivity index (χ0) is 11.6. The van der Waals surface area contributed by atoms with E-state index in [1.54, 1.807) is 0 Å². The number of ether oxygens (including phenoxy) is 2.